The van der Waals surface area contributed by atoms with Crippen LogP contribution >= 0.6 is 23.2 Å². The maximum atomic E-state index is 5.65. The second kappa shape index (κ2) is 41.2. The first-order valence-corrected chi connectivity index (χ1v) is 16.9. The highest BCUT2D eigenvalue weighted by Gasteiger charge is 1.97. The van der Waals surface area contributed by atoms with E-state index in [4.69, 9.17) is 70.6 Å². The van der Waals surface area contributed by atoms with E-state index >= 15 is 0 Å². The van der Waals surface area contributed by atoms with Gasteiger partial charge in [0.15, 0.2) is 0 Å². The lowest BCUT2D eigenvalue weighted by atomic mass is 10.2. The number of rotatable bonds is 39. The van der Waals surface area contributed by atoms with Crippen molar-refractivity contribution in [2.75, 3.05) is 144 Å². The summed E-state index contributed by atoms with van der Waals surface area (Å²) in [7, 11) is 0. The van der Waals surface area contributed by atoms with Crippen LogP contribution < -0.4 is 0 Å². The Bertz CT molecular complexity index is 430. The van der Waals surface area contributed by atoms with Crippen LogP contribution in [-0.2, 0) is 47.4 Å². The van der Waals surface area contributed by atoms with Gasteiger partial charge in [-0.1, -0.05) is 25.7 Å². The highest BCUT2D eigenvalue weighted by molar-refractivity contribution is 6.18. The van der Waals surface area contributed by atoms with Gasteiger partial charge in [0.1, 0.15) is 0 Å². The predicted octanol–water partition coefficient (Wildman–Crippen LogP) is 4.75. The van der Waals surface area contributed by atoms with Gasteiger partial charge < -0.3 is 47.4 Å². The van der Waals surface area contributed by atoms with Crippen molar-refractivity contribution in [3.05, 3.63) is 0 Å². The summed E-state index contributed by atoms with van der Waals surface area (Å²) in [6, 6.07) is 0. The highest BCUT2D eigenvalue weighted by atomic mass is 35.5. The molecule has 0 bridgehead atoms. The van der Waals surface area contributed by atoms with Crippen LogP contribution in [0.3, 0.4) is 0 Å². The third-order valence-corrected chi connectivity index (χ3v) is 6.23. The molecule has 0 aliphatic rings. The summed E-state index contributed by atoms with van der Waals surface area (Å²) in [5.41, 5.74) is 0. The number of unbranched alkanes of at least 4 members (excludes halogenated alkanes) is 6. The van der Waals surface area contributed by atoms with E-state index < -0.39 is 0 Å². The van der Waals surface area contributed by atoms with Crippen molar-refractivity contribution in [2.24, 2.45) is 0 Å². The molecule has 0 aromatic heterocycles. The fourth-order valence-corrected chi connectivity index (χ4v) is 3.76. The molecule has 0 saturated heterocycles. The van der Waals surface area contributed by atoms with Crippen molar-refractivity contribution in [3.63, 3.8) is 0 Å². The van der Waals surface area contributed by atoms with E-state index in [1.54, 1.807) is 0 Å². The van der Waals surface area contributed by atoms with Crippen molar-refractivity contribution >= 4 is 23.2 Å². The van der Waals surface area contributed by atoms with Gasteiger partial charge in [-0.3, -0.25) is 0 Å². The molecule has 0 unspecified atom stereocenters. The van der Waals surface area contributed by atoms with E-state index in [9.17, 15) is 0 Å². The van der Waals surface area contributed by atoms with E-state index in [0.717, 1.165) is 50.7 Å². The average molecular weight is 652 g/mol. The van der Waals surface area contributed by atoms with Crippen LogP contribution in [0.5, 0.6) is 0 Å². The molecule has 254 valence electrons. The Morgan fingerprint density at radius 2 is 0.357 bits per heavy atom. The summed E-state index contributed by atoms with van der Waals surface area (Å²) in [6.45, 7) is 11.5. The van der Waals surface area contributed by atoms with Crippen LogP contribution in [0.25, 0.3) is 0 Å². The number of hydrogen-bond donors (Lipinski definition) is 0. The van der Waals surface area contributed by atoms with Crippen LogP contribution in [0.15, 0.2) is 0 Å². The topological polar surface area (TPSA) is 92.3 Å². The Kier molecular flexibility index (Phi) is 41.4. The van der Waals surface area contributed by atoms with E-state index in [2.05, 4.69) is 0 Å². The standard InChI is InChI=1S/C30H60Cl2O10/c31-9-5-1-3-7-11-33-13-15-35-17-19-37-21-23-39-25-27-41-29-30-42-28-26-40-24-22-38-20-18-36-16-14-34-12-8-4-2-6-10-32/h1-30H2. The van der Waals surface area contributed by atoms with Gasteiger partial charge >= 0.3 is 0 Å². The lowest BCUT2D eigenvalue weighted by Crippen LogP contribution is -2.15. The second-order valence-electron chi connectivity index (χ2n) is 9.33. The molecule has 0 radical (unpaired) electrons. The molecular formula is C30H60Cl2O10. The number of hydrogen-bond acceptors (Lipinski definition) is 10. The number of ether oxygens (including phenoxy) is 10. The fourth-order valence-electron chi connectivity index (χ4n) is 3.39. The van der Waals surface area contributed by atoms with Crippen LogP contribution in [0.1, 0.15) is 51.4 Å². The Hall–Kier alpha value is 0.180. The summed E-state index contributed by atoms with van der Waals surface area (Å²) in [5, 5.41) is 0. The Labute approximate surface area is 265 Å². The molecule has 0 heterocycles. The monoisotopic (exact) mass is 650 g/mol. The lowest BCUT2D eigenvalue weighted by Gasteiger charge is -2.09. The minimum Gasteiger partial charge on any atom is -0.379 e. The third kappa shape index (κ3) is 40.2. The van der Waals surface area contributed by atoms with Gasteiger partial charge in [0.2, 0.25) is 0 Å². The predicted molar refractivity (Wildman–Crippen MR) is 167 cm³/mol. The van der Waals surface area contributed by atoms with Crippen molar-refractivity contribution in [1.82, 2.24) is 0 Å². The third-order valence-electron chi connectivity index (χ3n) is 5.69. The van der Waals surface area contributed by atoms with Crippen molar-refractivity contribution < 1.29 is 47.4 Å². The summed E-state index contributed by atoms with van der Waals surface area (Å²) < 4.78 is 54.9. The fraction of sp³-hybridized carbons (Fsp3) is 1.00. The van der Waals surface area contributed by atoms with E-state index in [0.29, 0.717) is 119 Å². The highest BCUT2D eigenvalue weighted by Crippen LogP contribution is 2.02. The second-order valence-corrected chi connectivity index (χ2v) is 10.1. The minimum absolute atomic E-state index is 0.525. The van der Waals surface area contributed by atoms with Crippen LogP contribution in [0.2, 0.25) is 0 Å². The van der Waals surface area contributed by atoms with Gasteiger partial charge in [0.05, 0.1) is 119 Å². The van der Waals surface area contributed by atoms with Crippen molar-refractivity contribution in [3.8, 4) is 0 Å². The van der Waals surface area contributed by atoms with E-state index in [-0.39, 0.29) is 0 Å². The molecule has 10 nitrogen and oxygen atoms in total. The maximum Gasteiger partial charge on any atom is 0.0701 e. The normalized spacial score (nSPS) is 11.6. The molecule has 0 amide bonds. The zero-order valence-corrected chi connectivity index (χ0v) is 27.6. The average Bonchev–Trinajstić information content (AvgIpc) is 3.00. The lowest BCUT2D eigenvalue weighted by molar-refractivity contribution is -0.0264. The zero-order chi connectivity index (χ0) is 30.3. The molecule has 0 rings (SSSR count). The first-order chi connectivity index (χ1) is 20.9. The Balaban J connectivity index is 3.02. The van der Waals surface area contributed by atoms with Crippen LogP contribution in [0.4, 0.5) is 0 Å². The summed E-state index contributed by atoms with van der Waals surface area (Å²) in [5.74, 6) is 1.49. The van der Waals surface area contributed by atoms with Gasteiger partial charge in [-0.15, -0.1) is 23.2 Å². The van der Waals surface area contributed by atoms with Gasteiger partial charge in [-0.25, -0.2) is 0 Å². The molecule has 0 aliphatic heterocycles. The molecule has 0 N–H and O–H groups in total. The van der Waals surface area contributed by atoms with Crippen molar-refractivity contribution in [2.45, 2.75) is 51.4 Å². The first kappa shape index (κ1) is 42.2. The SMILES string of the molecule is ClCCCCCCOCCOCCOCCOCCOCCOCCOCCOCCOCCOCCCCCCCl. The summed E-state index contributed by atoms with van der Waals surface area (Å²) in [6.07, 6.45) is 9.02. The molecule has 0 spiro atoms. The molecule has 0 saturated carbocycles. The smallest absolute Gasteiger partial charge is 0.0701 e. The number of halogens is 2. The molecule has 12 heteroatoms. The van der Waals surface area contributed by atoms with Gasteiger partial charge in [-0.05, 0) is 25.7 Å². The van der Waals surface area contributed by atoms with Gasteiger partial charge in [-0.2, -0.15) is 0 Å². The molecule has 0 atom stereocenters. The molecule has 0 aromatic rings. The summed E-state index contributed by atoms with van der Waals surface area (Å²) in [4.78, 5) is 0. The molecule has 0 fully saturated rings. The summed E-state index contributed by atoms with van der Waals surface area (Å²) >= 11 is 11.3. The molecular weight excluding hydrogens is 591 g/mol. The number of alkyl halides is 2. The minimum atomic E-state index is 0.525. The Morgan fingerprint density at radius 1 is 0.190 bits per heavy atom. The van der Waals surface area contributed by atoms with Gasteiger partial charge in [0.25, 0.3) is 0 Å². The first-order valence-electron chi connectivity index (χ1n) is 15.8. The van der Waals surface area contributed by atoms with Crippen LogP contribution in [-0.4, -0.2) is 144 Å². The molecule has 0 aliphatic carbocycles. The quantitative estimate of drug-likeness (QED) is 0.0685. The molecule has 0 aromatic carbocycles. The maximum absolute atomic E-state index is 5.65. The van der Waals surface area contributed by atoms with E-state index in [1.807, 2.05) is 0 Å². The molecule has 42 heavy (non-hydrogen) atoms. The van der Waals surface area contributed by atoms with Crippen LogP contribution in [0, 0.1) is 0 Å². The largest absolute Gasteiger partial charge is 0.379 e. The van der Waals surface area contributed by atoms with Gasteiger partial charge in [0, 0.05) is 25.0 Å². The van der Waals surface area contributed by atoms with E-state index in [1.165, 1.54) is 25.7 Å². The Morgan fingerprint density at radius 3 is 0.548 bits per heavy atom. The van der Waals surface area contributed by atoms with Crippen molar-refractivity contribution in [1.29, 1.82) is 0 Å². The zero-order valence-electron chi connectivity index (χ0n) is 26.1.